The molecule has 0 saturated carbocycles. The van der Waals surface area contributed by atoms with E-state index in [2.05, 4.69) is 10.3 Å². The summed E-state index contributed by atoms with van der Waals surface area (Å²) in [7, 11) is 0. The second-order valence-electron chi connectivity index (χ2n) is 5.22. The molecule has 1 N–H and O–H groups in total. The van der Waals surface area contributed by atoms with Gasteiger partial charge in [-0.3, -0.25) is 9.59 Å². The molecule has 1 heterocycles. The summed E-state index contributed by atoms with van der Waals surface area (Å²) in [4.78, 5) is 30.3. The van der Waals surface area contributed by atoms with Gasteiger partial charge in [0.1, 0.15) is 11.0 Å². The standard InChI is InChI=1S/C17H23N3O3S/c1-4-20(5-2)17-19-16(22)14(24-17)11-15(21)18-12-7-9-13(10-8-12)23-6-3/h7-10,14H,4-6,11H2,1-3H3,(H,18,21)/t14-/m0/s1. The SMILES string of the molecule is CCOc1ccc(NC(=O)C[C@@H]2SC(N(CC)CC)=NC2=O)cc1. The summed E-state index contributed by atoms with van der Waals surface area (Å²) in [5.74, 6) is 0.332. The number of anilines is 1. The van der Waals surface area contributed by atoms with Gasteiger partial charge in [0.05, 0.1) is 6.61 Å². The van der Waals surface area contributed by atoms with Crippen molar-refractivity contribution in [1.29, 1.82) is 0 Å². The van der Waals surface area contributed by atoms with Crippen LogP contribution in [0.3, 0.4) is 0 Å². The van der Waals surface area contributed by atoms with E-state index in [1.165, 1.54) is 11.8 Å². The van der Waals surface area contributed by atoms with Crippen LogP contribution in [-0.4, -0.2) is 46.8 Å². The molecular weight excluding hydrogens is 326 g/mol. The lowest BCUT2D eigenvalue weighted by Gasteiger charge is -2.19. The Hall–Kier alpha value is -2.02. The second-order valence-corrected chi connectivity index (χ2v) is 6.39. The fourth-order valence-corrected chi connectivity index (χ4v) is 3.51. The van der Waals surface area contributed by atoms with Gasteiger partial charge in [-0.2, -0.15) is 4.99 Å². The third kappa shape index (κ3) is 4.74. The molecular formula is C17H23N3O3S. The Balaban J connectivity index is 1.88. The molecule has 1 aromatic carbocycles. The van der Waals surface area contributed by atoms with E-state index in [0.717, 1.165) is 18.8 Å². The lowest BCUT2D eigenvalue weighted by atomic mass is 10.2. The number of nitrogens with zero attached hydrogens (tertiary/aromatic N) is 2. The topological polar surface area (TPSA) is 71.0 Å². The fraction of sp³-hybridized carbons (Fsp3) is 0.471. The van der Waals surface area contributed by atoms with E-state index in [4.69, 9.17) is 4.74 Å². The molecule has 2 amide bonds. The van der Waals surface area contributed by atoms with Crippen molar-refractivity contribution in [1.82, 2.24) is 4.90 Å². The maximum atomic E-state index is 12.2. The van der Waals surface area contributed by atoms with Crippen molar-refractivity contribution in [3.8, 4) is 5.75 Å². The molecule has 2 rings (SSSR count). The number of hydrogen-bond acceptors (Lipinski definition) is 5. The van der Waals surface area contributed by atoms with Crippen LogP contribution < -0.4 is 10.1 Å². The molecule has 130 valence electrons. The first-order valence-corrected chi connectivity index (χ1v) is 9.02. The highest BCUT2D eigenvalue weighted by Gasteiger charge is 2.32. The number of amidine groups is 1. The zero-order chi connectivity index (χ0) is 17.5. The van der Waals surface area contributed by atoms with Crippen LogP contribution in [0.1, 0.15) is 27.2 Å². The Morgan fingerprint density at radius 1 is 1.25 bits per heavy atom. The van der Waals surface area contributed by atoms with Gasteiger partial charge in [-0.25, -0.2) is 0 Å². The minimum Gasteiger partial charge on any atom is -0.494 e. The van der Waals surface area contributed by atoms with E-state index >= 15 is 0 Å². The highest BCUT2D eigenvalue weighted by atomic mass is 32.2. The summed E-state index contributed by atoms with van der Waals surface area (Å²) in [6, 6.07) is 7.17. The third-order valence-electron chi connectivity index (χ3n) is 3.58. The second kappa shape index (κ2) is 8.73. The summed E-state index contributed by atoms with van der Waals surface area (Å²) in [6.45, 7) is 8.13. The fourth-order valence-electron chi connectivity index (χ4n) is 2.32. The van der Waals surface area contributed by atoms with E-state index in [1.54, 1.807) is 24.3 Å². The molecule has 1 aliphatic rings. The van der Waals surface area contributed by atoms with Gasteiger partial charge in [0, 0.05) is 25.2 Å². The first-order chi connectivity index (χ1) is 11.6. The van der Waals surface area contributed by atoms with E-state index in [9.17, 15) is 9.59 Å². The molecule has 0 aromatic heterocycles. The average Bonchev–Trinajstić information content (AvgIpc) is 2.91. The van der Waals surface area contributed by atoms with E-state index in [-0.39, 0.29) is 18.2 Å². The van der Waals surface area contributed by atoms with Gasteiger partial charge in [0.2, 0.25) is 5.91 Å². The number of rotatable bonds is 7. The number of nitrogens with one attached hydrogen (secondary N) is 1. The number of carbonyl (C=O) groups is 2. The molecule has 7 heteroatoms. The maximum absolute atomic E-state index is 12.2. The molecule has 1 atom stereocenters. The predicted molar refractivity (Wildman–Crippen MR) is 97.6 cm³/mol. The van der Waals surface area contributed by atoms with Crippen LogP contribution in [0.2, 0.25) is 0 Å². The van der Waals surface area contributed by atoms with Crippen LogP contribution >= 0.6 is 11.8 Å². The van der Waals surface area contributed by atoms with Crippen LogP contribution in [0.4, 0.5) is 5.69 Å². The van der Waals surface area contributed by atoms with Crippen molar-refractivity contribution in [2.24, 2.45) is 4.99 Å². The normalized spacial score (nSPS) is 16.7. The lowest BCUT2D eigenvalue weighted by molar-refractivity contribution is -0.121. The summed E-state index contributed by atoms with van der Waals surface area (Å²) in [5.41, 5.74) is 0.684. The van der Waals surface area contributed by atoms with Crippen molar-refractivity contribution >= 4 is 34.4 Å². The summed E-state index contributed by atoms with van der Waals surface area (Å²) < 4.78 is 5.36. The van der Waals surface area contributed by atoms with Crippen molar-refractivity contribution in [3.63, 3.8) is 0 Å². The van der Waals surface area contributed by atoms with Gasteiger partial charge in [-0.1, -0.05) is 11.8 Å². The molecule has 24 heavy (non-hydrogen) atoms. The number of ether oxygens (including phenoxy) is 1. The smallest absolute Gasteiger partial charge is 0.262 e. The Kier molecular flexibility index (Phi) is 6.66. The van der Waals surface area contributed by atoms with E-state index in [1.807, 2.05) is 25.7 Å². The van der Waals surface area contributed by atoms with Crippen molar-refractivity contribution in [3.05, 3.63) is 24.3 Å². The van der Waals surface area contributed by atoms with Gasteiger partial charge >= 0.3 is 0 Å². The molecule has 0 spiro atoms. The van der Waals surface area contributed by atoms with Crippen molar-refractivity contribution in [2.75, 3.05) is 25.0 Å². The molecule has 1 aromatic rings. The number of hydrogen-bond donors (Lipinski definition) is 1. The number of aliphatic imine (C=N–C) groups is 1. The maximum Gasteiger partial charge on any atom is 0.262 e. The Morgan fingerprint density at radius 3 is 2.50 bits per heavy atom. The van der Waals surface area contributed by atoms with Crippen LogP contribution in [0, 0.1) is 0 Å². The van der Waals surface area contributed by atoms with Crippen molar-refractivity contribution < 1.29 is 14.3 Å². The van der Waals surface area contributed by atoms with Gasteiger partial charge in [-0.15, -0.1) is 0 Å². The van der Waals surface area contributed by atoms with Gasteiger partial charge in [-0.05, 0) is 45.0 Å². The summed E-state index contributed by atoms with van der Waals surface area (Å²) >= 11 is 1.37. The molecule has 1 aliphatic heterocycles. The molecule has 0 unspecified atom stereocenters. The Morgan fingerprint density at radius 2 is 1.92 bits per heavy atom. The molecule has 0 fully saturated rings. The van der Waals surface area contributed by atoms with E-state index < -0.39 is 5.25 Å². The molecule has 0 bridgehead atoms. The highest BCUT2D eigenvalue weighted by Crippen LogP contribution is 2.27. The lowest BCUT2D eigenvalue weighted by Crippen LogP contribution is -2.27. The number of carbonyl (C=O) groups excluding carboxylic acids is 2. The molecule has 0 aliphatic carbocycles. The molecule has 6 nitrogen and oxygen atoms in total. The first kappa shape index (κ1) is 18.3. The monoisotopic (exact) mass is 349 g/mol. The van der Waals surface area contributed by atoms with Crippen LogP contribution in [-0.2, 0) is 9.59 Å². The minimum atomic E-state index is -0.441. The minimum absolute atomic E-state index is 0.116. The first-order valence-electron chi connectivity index (χ1n) is 8.14. The quantitative estimate of drug-likeness (QED) is 0.819. The number of thioether (sulfide) groups is 1. The zero-order valence-electron chi connectivity index (χ0n) is 14.2. The average molecular weight is 349 g/mol. The number of amides is 2. The van der Waals surface area contributed by atoms with Crippen LogP contribution in [0.25, 0.3) is 0 Å². The highest BCUT2D eigenvalue weighted by molar-refractivity contribution is 8.15. The van der Waals surface area contributed by atoms with Crippen molar-refractivity contribution in [2.45, 2.75) is 32.4 Å². The van der Waals surface area contributed by atoms with Crippen LogP contribution in [0.5, 0.6) is 5.75 Å². The third-order valence-corrected chi connectivity index (χ3v) is 4.80. The molecule has 0 radical (unpaired) electrons. The molecule has 0 saturated heterocycles. The predicted octanol–water partition coefficient (Wildman–Crippen LogP) is 2.75. The van der Waals surface area contributed by atoms with Gasteiger partial charge in [0.25, 0.3) is 5.91 Å². The van der Waals surface area contributed by atoms with Gasteiger partial charge < -0.3 is 15.0 Å². The largest absolute Gasteiger partial charge is 0.494 e. The van der Waals surface area contributed by atoms with E-state index in [0.29, 0.717) is 17.5 Å². The van der Waals surface area contributed by atoms with Gasteiger partial charge in [0.15, 0.2) is 5.17 Å². The zero-order valence-corrected chi connectivity index (χ0v) is 15.1. The summed E-state index contributed by atoms with van der Waals surface area (Å²) in [6.07, 6.45) is 0.116. The Labute approximate surface area is 146 Å². The Bertz CT molecular complexity index is 612. The summed E-state index contributed by atoms with van der Waals surface area (Å²) in [5, 5.41) is 3.08. The van der Waals surface area contributed by atoms with Crippen LogP contribution in [0.15, 0.2) is 29.3 Å². The number of benzene rings is 1.